The van der Waals surface area contributed by atoms with E-state index in [0.29, 0.717) is 5.89 Å². The summed E-state index contributed by atoms with van der Waals surface area (Å²) in [6.07, 6.45) is 0. The normalized spacial score (nSPS) is 16.4. The molecule has 5 heteroatoms. The molecule has 5 nitrogen and oxygen atoms in total. The quantitative estimate of drug-likeness (QED) is 0.866. The Bertz CT molecular complexity index is 614. The van der Waals surface area contributed by atoms with Gasteiger partial charge in [-0.25, -0.2) is 0 Å². The molecule has 0 spiro atoms. The van der Waals surface area contributed by atoms with Gasteiger partial charge >= 0.3 is 0 Å². The Morgan fingerprint density at radius 3 is 2.52 bits per heavy atom. The molecule has 21 heavy (non-hydrogen) atoms. The maximum Gasteiger partial charge on any atom is 0.223 e. The molecule has 1 aliphatic rings. The van der Waals surface area contributed by atoms with Crippen LogP contribution >= 0.6 is 0 Å². The molecular weight excluding hydrogens is 264 g/mol. The molecule has 1 saturated heterocycles. The topological polar surface area (TPSA) is 45.4 Å². The number of hydrogen-bond donors (Lipinski definition) is 0. The van der Waals surface area contributed by atoms with E-state index in [4.69, 9.17) is 4.52 Å². The molecule has 2 heterocycles. The van der Waals surface area contributed by atoms with Crippen LogP contribution in [0.25, 0.3) is 0 Å². The summed E-state index contributed by atoms with van der Waals surface area (Å²) in [6, 6.07) is 6.54. The largest absolute Gasteiger partial charge is 0.369 e. The van der Waals surface area contributed by atoms with Crippen LogP contribution in [0.4, 0.5) is 5.69 Å². The van der Waals surface area contributed by atoms with Crippen LogP contribution < -0.4 is 4.90 Å². The van der Waals surface area contributed by atoms with E-state index in [9.17, 15) is 0 Å². The van der Waals surface area contributed by atoms with E-state index in [1.165, 1.54) is 16.8 Å². The fourth-order valence-electron chi connectivity index (χ4n) is 2.83. The predicted octanol–water partition coefficient (Wildman–Crippen LogP) is 2.32. The first-order chi connectivity index (χ1) is 10.1. The van der Waals surface area contributed by atoms with Crippen LogP contribution in [0.5, 0.6) is 0 Å². The summed E-state index contributed by atoms with van der Waals surface area (Å²) in [7, 11) is 0. The molecule has 0 radical (unpaired) electrons. The summed E-state index contributed by atoms with van der Waals surface area (Å²) in [5.41, 5.74) is 4.11. The molecule has 1 fully saturated rings. The van der Waals surface area contributed by atoms with Crippen LogP contribution in [0.15, 0.2) is 22.7 Å². The average Bonchev–Trinajstić information content (AvgIpc) is 2.88. The summed E-state index contributed by atoms with van der Waals surface area (Å²) in [5, 5.41) is 3.97. The second-order valence-corrected chi connectivity index (χ2v) is 5.71. The highest BCUT2D eigenvalue weighted by molar-refractivity contribution is 5.56. The van der Waals surface area contributed by atoms with Crippen molar-refractivity contribution in [2.45, 2.75) is 27.3 Å². The van der Waals surface area contributed by atoms with Gasteiger partial charge in [-0.2, -0.15) is 4.98 Å². The Balaban J connectivity index is 1.61. The van der Waals surface area contributed by atoms with Crippen LogP contribution in [0.3, 0.4) is 0 Å². The maximum absolute atomic E-state index is 5.03. The van der Waals surface area contributed by atoms with E-state index in [-0.39, 0.29) is 0 Å². The number of aromatic nitrogens is 2. The minimum atomic E-state index is 0.638. The Morgan fingerprint density at radius 2 is 1.86 bits per heavy atom. The van der Waals surface area contributed by atoms with Gasteiger partial charge in [0.25, 0.3) is 0 Å². The van der Waals surface area contributed by atoms with E-state index >= 15 is 0 Å². The van der Waals surface area contributed by atoms with Gasteiger partial charge in [0.05, 0.1) is 6.54 Å². The van der Waals surface area contributed by atoms with Crippen molar-refractivity contribution in [1.82, 2.24) is 15.0 Å². The predicted molar refractivity (Wildman–Crippen MR) is 82.4 cm³/mol. The third-order valence-electron chi connectivity index (χ3n) is 4.22. The fourth-order valence-corrected chi connectivity index (χ4v) is 2.83. The monoisotopic (exact) mass is 286 g/mol. The average molecular weight is 286 g/mol. The van der Waals surface area contributed by atoms with E-state index in [1.54, 1.807) is 0 Å². The Kier molecular flexibility index (Phi) is 3.92. The van der Waals surface area contributed by atoms with Gasteiger partial charge in [-0.1, -0.05) is 17.3 Å². The summed E-state index contributed by atoms with van der Waals surface area (Å²) in [5.74, 6) is 1.42. The van der Waals surface area contributed by atoms with Gasteiger partial charge in [-0.15, -0.1) is 0 Å². The second kappa shape index (κ2) is 5.85. The van der Waals surface area contributed by atoms with E-state index in [0.717, 1.165) is 38.5 Å². The van der Waals surface area contributed by atoms with Crippen molar-refractivity contribution in [2.75, 3.05) is 31.1 Å². The Labute approximate surface area is 125 Å². The molecule has 0 amide bonds. The number of piperazine rings is 1. The molecule has 0 atom stereocenters. The van der Waals surface area contributed by atoms with Crippen molar-refractivity contribution in [3.8, 4) is 0 Å². The zero-order valence-corrected chi connectivity index (χ0v) is 13.0. The second-order valence-electron chi connectivity index (χ2n) is 5.71. The van der Waals surface area contributed by atoms with Crippen LogP contribution in [0.2, 0.25) is 0 Å². The van der Waals surface area contributed by atoms with Crippen molar-refractivity contribution in [3.05, 3.63) is 41.0 Å². The zero-order valence-electron chi connectivity index (χ0n) is 13.0. The highest BCUT2D eigenvalue weighted by Gasteiger charge is 2.20. The van der Waals surface area contributed by atoms with Crippen molar-refractivity contribution in [3.63, 3.8) is 0 Å². The SMILES string of the molecule is Cc1nc(CN2CCN(c3cccc(C)c3C)CC2)no1. The molecule has 2 aromatic rings. The van der Waals surface area contributed by atoms with Crippen LogP contribution in [-0.2, 0) is 6.54 Å². The van der Waals surface area contributed by atoms with Crippen molar-refractivity contribution in [1.29, 1.82) is 0 Å². The lowest BCUT2D eigenvalue weighted by atomic mass is 10.1. The number of anilines is 1. The number of rotatable bonds is 3. The highest BCUT2D eigenvalue weighted by atomic mass is 16.5. The van der Waals surface area contributed by atoms with Crippen molar-refractivity contribution in [2.24, 2.45) is 0 Å². The Morgan fingerprint density at radius 1 is 1.10 bits per heavy atom. The third-order valence-corrected chi connectivity index (χ3v) is 4.22. The van der Waals surface area contributed by atoms with Gasteiger partial charge in [0, 0.05) is 38.8 Å². The van der Waals surface area contributed by atoms with E-state index < -0.39 is 0 Å². The molecule has 1 aliphatic heterocycles. The number of aryl methyl sites for hydroxylation is 2. The molecule has 0 bridgehead atoms. The molecule has 112 valence electrons. The lowest BCUT2D eigenvalue weighted by Gasteiger charge is -2.36. The minimum absolute atomic E-state index is 0.638. The number of benzene rings is 1. The molecule has 3 rings (SSSR count). The van der Waals surface area contributed by atoms with Gasteiger partial charge < -0.3 is 9.42 Å². The summed E-state index contributed by atoms with van der Waals surface area (Å²) >= 11 is 0. The zero-order chi connectivity index (χ0) is 14.8. The van der Waals surface area contributed by atoms with Gasteiger partial charge in [0.1, 0.15) is 0 Å². The molecule has 0 unspecified atom stereocenters. The van der Waals surface area contributed by atoms with E-state index in [1.807, 2.05) is 6.92 Å². The lowest BCUT2D eigenvalue weighted by molar-refractivity contribution is 0.240. The summed E-state index contributed by atoms with van der Waals surface area (Å²) in [6.45, 7) is 11.1. The van der Waals surface area contributed by atoms with Gasteiger partial charge in [-0.05, 0) is 31.0 Å². The molecule has 1 aromatic carbocycles. The van der Waals surface area contributed by atoms with Gasteiger partial charge in [0.2, 0.25) is 5.89 Å². The lowest BCUT2D eigenvalue weighted by Crippen LogP contribution is -2.46. The van der Waals surface area contributed by atoms with Crippen LogP contribution in [0.1, 0.15) is 22.8 Å². The first-order valence-corrected chi connectivity index (χ1v) is 7.46. The fraction of sp³-hybridized carbons (Fsp3) is 0.500. The number of hydrogen-bond acceptors (Lipinski definition) is 5. The Hall–Kier alpha value is -1.88. The summed E-state index contributed by atoms with van der Waals surface area (Å²) < 4.78 is 5.03. The molecule has 0 N–H and O–H groups in total. The minimum Gasteiger partial charge on any atom is -0.369 e. The van der Waals surface area contributed by atoms with Crippen LogP contribution in [0, 0.1) is 20.8 Å². The number of nitrogens with zero attached hydrogens (tertiary/aromatic N) is 4. The first-order valence-electron chi connectivity index (χ1n) is 7.46. The van der Waals surface area contributed by atoms with Crippen molar-refractivity contribution >= 4 is 5.69 Å². The molecular formula is C16H22N4O. The van der Waals surface area contributed by atoms with Gasteiger partial charge in [-0.3, -0.25) is 4.90 Å². The standard InChI is InChI=1S/C16H22N4O/c1-12-5-4-6-15(13(12)2)20-9-7-19(8-10-20)11-16-17-14(3)21-18-16/h4-6H,7-11H2,1-3H3. The van der Waals surface area contributed by atoms with Crippen LogP contribution in [-0.4, -0.2) is 41.2 Å². The van der Waals surface area contributed by atoms with Gasteiger partial charge in [0.15, 0.2) is 5.82 Å². The molecule has 0 saturated carbocycles. The summed E-state index contributed by atoms with van der Waals surface area (Å²) in [4.78, 5) is 9.13. The molecule has 1 aromatic heterocycles. The van der Waals surface area contributed by atoms with E-state index in [2.05, 4.69) is 52.0 Å². The third kappa shape index (κ3) is 3.08. The first kappa shape index (κ1) is 14.1. The maximum atomic E-state index is 5.03. The highest BCUT2D eigenvalue weighted by Crippen LogP contribution is 2.24. The smallest absolute Gasteiger partial charge is 0.223 e. The molecule has 0 aliphatic carbocycles. The van der Waals surface area contributed by atoms with Crippen molar-refractivity contribution < 1.29 is 4.52 Å².